The van der Waals surface area contributed by atoms with Crippen LogP contribution in [-0.2, 0) is 0 Å². The fourth-order valence-corrected chi connectivity index (χ4v) is 0.997. The number of aromatic carboxylic acids is 1. The van der Waals surface area contributed by atoms with Gasteiger partial charge >= 0.3 is 5.97 Å². The molecular formula is C8H4FN2O2. The summed E-state index contributed by atoms with van der Waals surface area (Å²) in [6.07, 6.45) is 3.52. The first-order valence-corrected chi connectivity index (χ1v) is 3.47. The third kappa shape index (κ3) is 1.24. The Hall–Kier alpha value is -1.91. The zero-order valence-corrected chi connectivity index (χ0v) is 6.36. The number of hydrogen-bond acceptors (Lipinski definition) is 2. The van der Waals surface area contributed by atoms with Crippen LogP contribution in [0.4, 0.5) is 4.39 Å². The lowest BCUT2D eigenvalue weighted by atomic mass is 10.5. The number of carboxylic acid groups (broad SMARTS) is 1. The molecule has 65 valence electrons. The third-order valence-electron chi connectivity index (χ3n) is 1.55. The fourth-order valence-electron chi connectivity index (χ4n) is 0.997. The van der Waals surface area contributed by atoms with E-state index in [0.29, 0.717) is 5.65 Å². The Morgan fingerprint density at radius 3 is 3.08 bits per heavy atom. The molecule has 13 heavy (non-hydrogen) atoms. The lowest BCUT2D eigenvalue weighted by molar-refractivity contribution is 0.0691. The van der Waals surface area contributed by atoms with Gasteiger partial charge in [-0.3, -0.25) is 4.40 Å². The van der Waals surface area contributed by atoms with Crippen molar-refractivity contribution in [2.24, 2.45) is 0 Å². The molecule has 1 N–H and O–H groups in total. The van der Waals surface area contributed by atoms with E-state index in [1.165, 1.54) is 16.5 Å². The van der Waals surface area contributed by atoms with Gasteiger partial charge in [-0.15, -0.1) is 0 Å². The number of halogens is 1. The number of imidazole rings is 1. The Balaban J connectivity index is 2.68. The van der Waals surface area contributed by atoms with E-state index in [0.717, 1.165) is 6.20 Å². The predicted octanol–water partition coefficient (Wildman–Crippen LogP) is 0.972. The van der Waals surface area contributed by atoms with Gasteiger partial charge in [0.2, 0.25) is 0 Å². The molecular weight excluding hydrogens is 175 g/mol. The van der Waals surface area contributed by atoms with Gasteiger partial charge in [-0.2, -0.15) is 0 Å². The lowest BCUT2D eigenvalue weighted by Crippen LogP contribution is -1.95. The summed E-state index contributed by atoms with van der Waals surface area (Å²) in [7, 11) is 0. The number of fused-ring (bicyclic) bond motifs is 1. The maximum atomic E-state index is 12.6. The molecule has 0 saturated heterocycles. The molecule has 0 amide bonds. The summed E-state index contributed by atoms with van der Waals surface area (Å²) in [6, 6.07) is 2.60. The maximum absolute atomic E-state index is 12.6. The zero-order chi connectivity index (χ0) is 9.42. The van der Waals surface area contributed by atoms with Crippen LogP contribution in [0.25, 0.3) is 5.65 Å². The van der Waals surface area contributed by atoms with Gasteiger partial charge in [0, 0.05) is 6.20 Å². The molecule has 2 heterocycles. The Morgan fingerprint density at radius 1 is 1.62 bits per heavy atom. The number of pyridine rings is 1. The van der Waals surface area contributed by atoms with Crippen molar-refractivity contribution in [3.63, 3.8) is 0 Å². The second kappa shape index (κ2) is 2.55. The molecule has 0 spiro atoms. The summed E-state index contributed by atoms with van der Waals surface area (Å²) in [4.78, 5) is 14.1. The Morgan fingerprint density at radius 2 is 2.38 bits per heavy atom. The van der Waals surface area contributed by atoms with Crippen molar-refractivity contribution < 1.29 is 14.3 Å². The summed E-state index contributed by atoms with van der Waals surface area (Å²) in [5.74, 6) is -1.64. The molecule has 0 aromatic carbocycles. The van der Waals surface area contributed by atoms with Gasteiger partial charge in [-0.05, 0) is 12.1 Å². The first-order valence-electron chi connectivity index (χ1n) is 3.47. The zero-order valence-electron chi connectivity index (χ0n) is 6.36. The molecule has 0 bridgehead atoms. The van der Waals surface area contributed by atoms with Crippen molar-refractivity contribution >= 4 is 11.6 Å². The van der Waals surface area contributed by atoms with Crippen LogP contribution in [0.3, 0.4) is 0 Å². The molecule has 0 unspecified atom stereocenters. The molecule has 2 rings (SSSR count). The van der Waals surface area contributed by atoms with Crippen molar-refractivity contribution in [3.05, 3.63) is 36.0 Å². The molecule has 0 aliphatic rings. The van der Waals surface area contributed by atoms with Gasteiger partial charge in [-0.1, -0.05) is 0 Å². The van der Waals surface area contributed by atoms with Gasteiger partial charge in [0.25, 0.3) is 0 Å². The van der Waals surface area contributed by atoms with Crippen LogP contribution in [0.15, 0.2) is 18.3 Å². The van der Waals surface area contributed by atoms with Crippen molar-refractivity contribution in [1.29, 1.82) is 0 Å². The first-order chi connectivity index (χ1) is 6.16. The monoisotopic (exact) mass is 179 g/mol. The van der Waals surface area contributed by atoms with E-state index >= 15 is 0 Å². The highest BCUT2D eigenvalue weighted by Crippen LogP contribution is 2.05. The van der Waals surface area contributed by atoms with Crippen molar-refractivity contribution in [2.75, 3.05) is 0 Å². The van der Waals surface area contributed by atoms with E-state index in [1.54, 1.807) is 0 Å². The second-order valence-corrected chi connectivity index (χ2v) is 2.45. The molecule has 0 fully saturated rings. The van der Waals surface area contributed by atoms with Crippen LogP contribution >= 0.6 is 0 Å². The average Bonchev–Trinajstić information content (AvgIpc) is 2.46. The van der Waals surface area contributed by atoms with Crippen LogP contribution in [-0.4, -0.2) is 20.5 Å². The topological polar surface area (TPSA) is 54.6 Å². The van der Waals surface area contributed by atoms with Crippen LogP contribution < -0.4 is 0 Å². The van der Waals surface area contributed by atoms with Crippen molar-refractivity contribution in [1.82, 2.24) is 9.38 Å². The lowest BCUT2D eigenvalue weighted by Gasteiger charge is -1.89. The normalized spacial score (nSPS) is 10.5. The molecule has 0 saturated carbocycles. The highest BCUT2D eigenvalue weighted by Gasteiger charge is 2.08. The molecule has 2 aromatic rings. The summed E-state index contributed by atoms with van der Waals surface area (Å²) < 4.78 is 13.8. The maximum Gasteiger partial charge on any atom is 0.356 e. The molecule has 5 heteroatoms. The van der Waals surface area contributed by atoms with Crippen LogP contribution in [0.1, 0.15) is 10.5 Å². The molecule has 1 radical (unpaired) electrons. The highest BCUT2D eigenvalue weighted by molar-refractivity contribution is 5.85. The largest absolute Gasteiger partial charge is 0.476 e. The fraction of sp³-hybridized carbons (Fsp3) is 0. The minimum atomic E-state index is -1.18. The smallest absolute Gasteiger partial charge is 0.356 e. The third-order valence-corrected chi connectivity index (χ3v) is 1.55. The standard InChI is InChI=1S/C8H4FN2O2/c9-5-1-2-7-10-6(8(12)13)4-11(7)3-5/h1-3H,(H,12,13). The first kappa shape index (κ1) is 7.72. The van der Waals surface area contributed by atoms with Crippen LogP contribution in [0.5, 0.6) is 0 Å². The number of aromatic nitrogens is 2. The molecule has 2 aromatic heterocycles. The average molecular weight is 179 g/mol. The van der Waals surface area contributed by atoms with Crippen molar-refractivity contribution in [2.45, 2.75) is 0 Å². The van der Waals surface area contributed by atoms with E-state index in [9.17, 15) is 9.18 Å². The van der Waals surface area contributed by atoms with E-state index in [2.05, 4.69) is 11.2 Å². The van der Waals surface area contributed by atoms with Gasteiger partial charge in [0.15, 0.2) is 5.69 Å². The summed E-state index contributed by atoms with van der Waals surface area (Å²) in [5, 5.41) is 8.55. The number of hydrogen-bond donors (Lipinski definition) is 1. The number of carboxylic acids is 1. The molecule has 0 aliphatic heterocycles. The Labute approximate surface area is 72.3 Å². The SMILES string of the molecule is O=C(O)c1[c]n2cc(F)ccc2n1. The van der Waals surface area contributed by atoms with E-state index < -0.39 is 11.8 Å². The minimum Gasteiger partial charge on any atom is -0.476 e. The van der Waals surface area contributed by atoms with E-state index in [-0.39, 0.29) is 5.69 Å². The summed E-state index contributed by atoms with van der Waals surface area (Å²) in [5.41, 5.74) is 0.143. The second-order valence-electron chi connectivity index (χ2n) is 2.45. The molecule has 0 aliphatic carbocycles. The van der Waals surface area contributed by atoms with Gasteiger partial charge in [0.05, 0.1) is 0 Å². The quantitative estimate of drug-likeness (QED) is 0.709. The van der Waals surface area contributed by atoms with Crippen molar-refractivity contribution in [3.8, 4) is 0 Å². The van der Waals surface area contributed by atoms with Crippen LogP contribution in [0, 0.1) is 12.0 Å². The Bertz CT molecular complexity index is 478. The number of nitrogens with zero attached hydrogens (tertiary/aromatic N) is 2. The highest BCUT2D eigenvalue weighted by atomic mass is 19.1. The molecule has 4 nitrogen and oxygen atoms in total. The predicted molar refractivity (Wildman–Crippen MR) is 40.9 cm³/mol. The molecule has 0 atom stereocenters. The van der Waals surface area contributed by atoms with E-state index in [4.69, 9.17) is 5.11 Å². The number of rotatable bonds is 1. The summed E-state index contributed by atoms with van der Waals surface area (Å²) >= 11 is 0. The summed E-state index contributed by atoms with van der Waals surface area (Å²) in [6.45, 7) is 0. The Kier molecular flexibility index (Phi) is 1.51. The number of carbonyl (C=O) groups is 1. The van der Waals surface area contributed by atoms with E-state index in [1.807, 2.05) is 0 Å². The minimum absolute atomic E-state index is 0.217. The van der Waals surface area contributed by atoms with Gasteiger partial charge in [-0.25, -0.2) is 14.2 Å². The van der Waals surface area contributed by atoms with Gasteiger partial charge in [0.1, 0.15) is 17.7 Å². The van der Waals surface area contributed by atoms with Crippen LogP contribution in [0.2, 0.25) is 0 Å². The van der Waals surface area contributed by atoms with Gasteiger partial charge < -0.3 is 5.11 Å².